The van der Waals surface area contributed by atoms with Crippen LogP contribution in [0, 0.1) is 5.82 Å². The number of hydrogen-bond donors (Lipinski definition) is 1. The van der Waals surface area contributed by atoms with Gasteiger partial charge in [0.1, 0.15) is 5.82 Å². The molecule has 0 amide bonds. The van der Waals surface area contributed by atoms with Gasteiger partial charge >= 0.3 is 0 Å². The number of aryl methyl sites for hydroxylation is 1. The fraction of sp³-hybridized carbons (Fsp3) is 0.308. The van der Waals surface area contributed by atoms with E-state index in [1.165, 1.54) is 0 Å². The summed E-state index contributed by atoms with van der Waals surface area (Å²) in [7, 11) is 1.82. The average molecular weight is 233 g/mol. The predicted octanol–water partition coefficient (Wildman–Crippen LogP) is 2.34. The SMILES string of the molecule is CCNCc1ccc(-c2cnn(C)c2)c(F)c1. The molecule has 1 heterocycles. The highest BCUT2D eigenvalue weighted by Gasteiger charge is 2.07. The van der Waals surface area contributed by atoms with Gasteiger partial charge in [-0.2, -0.15) is 5.10 Å². The second kappa shape index (κ2) is 5.10. The van der Waals surface area contributed by atoms with Gasteiger partial charge in [0.2, 0.25) is 0 Å². The summed E-state index contributed by atoms with van der Waals surface area (Å²) in [5, 5.41) is 7.22. The van der Waals surface area contributed by atoms with Gasteiger partial charge in [0, 0.05) is 30.9 Å². The lowest BCUT2D eigenvalue weighted by Crippen LogP contribution is -2.11. The van der Waals surface area contributed by atoms with E-state index in [1.54, 1.807) is 23.0 Å². The Labute approximate surface area is 100 Å². The molecular formula is C13H16FN3. The van der Waals surface area contributed by atoms with Crippen LogP contribution in [0.25, 0.3) is 11.1 Å². The number of rotatable bonds is 4. The topological polar surface area (TPSA) is 29.9 Å². The number of nitrogens with one attached hydrogen (secondary N) is 1. The number of aromatic nitrogens is 2. The van der Waals surface area contributed by atoms with Crippen molar-refractivity contribution >= 4 is 0 Å². The molecule has 17 heavy (non-hydrogen) atoms. The van der Waals surface area contributed by atoms with E-state index in [4.69, 9.17) is 0 Å². The van der Waals surface area contributed by atoms with E-state index in [0.717, 1.165) is 17.7 Å². The molecule has 0 bridgehead atoms. The Morgan fingerprint density at radius 2 is 2.24 bits per heavy atom. The fourth-order valence-corrected chi connectivity index (χ4v) is 1.73. The zero-order valence-corrected chi connectivity index (χ0v) is 10.1. The standard InChI is InChI=1S/C13H16FN3/c1-3-15-7-10-4-5-12(13(14)6-10)11-8-16-17(2)9-11/h4-6,8-9,15H,3,7H2,1-2H3. The van der Waals surface area contributed by atoms with E-state index in [-0.39, 0.29) is 5.82 Å². The van der Waals surface area contributed by atoms with E-state index in [1.807, 2.05) is 26.2 Å². The first kappa shape index (κ1) is 11.8. The highest BCUT2D eigenvalue weighted by Crippen LogP contribution is 2.22. The van der Waals surface area contributed by atoms with Crippen molar-refractivity contribution in [3.63, 3.8) is 0 Å². The Balaban J connectivity index is 2.25. The molecule has 1 N–H and O–H groups in total. The van der Waals surface area contributed by atoms with Crippen LogP contribution < -0.4 is 5.32 Å². The minimum atomic E-state index is -0.201. The molecule has 0 unspecified atom stereocenters. The molecule has 0 atom stereocenters. The van der Waals surface area contributed by atoms with Gasteiger partial charge in [0.25, 0.3) is 0 Å². The van der Waals surface area contributed by atoms with E-state index in [0.29, 0.717) is 12.1 Å². The molecule has 3 nitrogen and oxygen atoms in total. The molecule has 4 heteroatoms. The molecule has 0 radical (unpaired) electrons. The number of hydrogen-bond acceptors (Lipinski definition) is 2. The van der Waals surface area contributed by atoms with Crippen LogP contribution in [0.1, 0.15) is 12.5 Å². The summed E-state index contributed by atoms with van der Waals surface area (Å²) in [5.74, 6) is -0.201. The summed E-state index contributed by atoms with van der Waals surface area (Å²) in [4.78, 5) is 0. The molecule has 0 aliphatic heterocycles. The first-order valence-corrected chi connectivity index (χ1v) is 5.69. The number of benzene rings is 1. The van der Waals surface area contributed by atoms with Crippen LogP contribution in [0.15, 0.2) is 30.6 Å². The smallest absolute Gasteiger partial charge is 0.131 e. The van der Waals surface area contributed by atoms with E-state index in [2.05, 4.69) is 10.4 Å². The van der Waals surface area contributed by atoms with Gasteiger partial charge in [-0.1, -0.05) is 19.1 Å². The summed E-state index contributed by atoms with van der Waals surface area (Å²) < 4.78 is 15.6. The van der Waals surface area contributed by atoms with Crippen LogP contribution >= 0.6 is 0 Å². The second-order valence-electron chi connectivity index (χ2n) is 4.00. The van der Waals surface area contributed by atoms with Crippen molar-refractivity contribution in [1.82, 2.24) is 15.1 Å². The Morgan fingerprint density at radius 1 is 1.41 bits per heavy atom. The van der Waals surface area contributed by atoms with E-state index in [9.17, 15) is 4.39 Å². The lowest BCUT2D eigenvalue weighted by molar-refractivity contribution is 0.625. The number of halogens is 1. The third kappa shape index (κ3) is 2.71. The second-order valence-corrected chi connectivity index (χ2v) is 4.00. The third-order valence-corrected chi connectivity index (χ3v) is 2.63. The minimum Gasteiger partial charge on any atom is -0.313 e. The van der Waals surface area contributed by atoms with Crippen LogP contribution in [0.2, 0.25) is 0 Å². The molecule has 0 fully saturated rings. The van der Waals surface area contributed by atoms with Crippen LogP contribution in [0.5, 0.6) is 0 Å². The van der Waals surface area contributed by atoms with Crippen LogP contribution in [0.4, 0.5) is 4.39 Å². The van der Waals surface area contributed by atoms with Crippen molar-refractivity contribution in [2.75, 3.05) is 6.54 Å². The lowest BCUT2D eigenvalue weighted by atomic mass is 10.1. The molecule has 0 spiro atoms. The molecule has 90 valence electrons. The maximum absolute atomic E-state index is 13.9. The van der Waals surface area contributed by atoms with Crippen molar-refractivity contribution in [2.45, 2.75) is 13.5 Å². The summed E-state index contributed by atoms with van der Waals surface area (Å²) >= 11 is 0. The molecule has 0 saturated carbocycles. The maximum Gasteiger partial charge on any atom is 0.131 e. The molecular weight excluding hydrogens is 217 g/mol. The van der Waals surface area contributed by atoms with Crippen LogP contribution in [-0.2, 0) is 13.6 Å². The molecule has 1 aromatic carbocycles. The van der Waals surface area contributed by atoms with Crippen molar-refractivity contribution in [3.05, 3.63) is 42.0 Å². The molecule has 0 aliphatic rings. The first-order valence-electron chi connectivity index (χ1n) is 5.69. The summed E-state index contributed by atoms with van der Waals surface area (Å²) in [6.07, 6.45) is 3.48. The predicted molar refractivity (Wildman–Crippen MR) is 66.0 cm³/mol. The summed E-state index contributed by atoms with van der Waals surface area (Å²) in [5.41, 5.74) is 2.36. The van der Waals surface area contributed by atoms with E-state index < -0.39 is 0 Å². The maximum atomic E-state index is 13.9. The third-order valence-electron chi connectivity index (χ3n) is 2.63. The molecule has 2 rings (SSSR count). The summed E-state index contributed by atoms with van der Waals surface area (Å²) in [6, 6.07) is 5.32. The Bertz CT molecular complexity index is 505. The highest BCUT2D eigenvalue weighted by atomic mass is 19.1. The average Bonchev–Trinajstić information content (AvgIpc) is 2.73. The molecule has 1 aromatic heterocycles. The van der Waals surface area contributed by atoms with Crippen molar-refractivity contribution in [2.24, 2.45) is 7.05 Å². The molecule has 0 aliphatic carbocycles. The number of nitrogens with zero attached hydrogens (tertiary/aromatic N) is 2. The Hall–Kier alpha value is -1.68. The van der Waals surface area contributed by atoms with Crippen molar-refractivity contribution < 1.29 is 4.39 Å². The highest BCUT2D eigenvalue weighted by molar-refractivity contribution is 5.62. The fourth-order valence-electron chi connectivity index (χ4n) is 1.73. The monoisotopic (exact) mass is 233 g/mol. The van der Waals surface area contributed by atoms with Crippen molar-refractivity contribution in [1.29, 1.82) is 0 Å². The Morgan fingerprint density at radius 3 is 2.82 bits per heavy atom. The van der Waals surface area contributed by atoms with Gasteiger partial charge in [-0.05, 0) is 18.2 Å². The largest absolute Gasteiger partial charge is 0.313 e. The van der Waals surface area contributed by atoms with E-state index >= 15 is 0 Å². The normalized spacial score (nSPS) is 10.8. The lowest BCUT2D eigenvalue weighted by Gasteiger charge is -2.05. The van der Waals surface area contributed by atoms with Gasteiger partial charge < -0.3 is 5.32 Å². The van der Waals surface area contributed by atoms with Gasteiger partial charge in [-0.15, -0.1) is 0 Å². The van der Waals surface area contributed by atoms with Crippen LogP contribution in [0.3, 0.4) is 0 Å². The molecule has 0 saturated heterocycles. The summed E-state index contributed by atoms with van der Waals surface area (Å²) in [6.45, 7) is 3.60. The van der Waals surface area contributed by atoms with Crippen LogP contribution in [-0.4, -0.2) is 16.3 Å². The Kier molecular flexibility index (Phi) is 3.54. The van der Waals surface area contributed by atoms with Gasteiger partial charge in [0.05, 0.1) is 6.20 Å². The van der Waals surface area contributed by atoms with Gasteiger partial charge in [0.15, 0.2) is 0 Å². The quantitative estimate of drug-likeness (QED) is 0.878. The molecule has 2 aromatic rings. The van der Waals surface area contributed by atoms with Crippen molar-refractivity contribution in [3.8, 4) is 11.1 Å². The zero-order valence-electron chi connectivity index (χ0n) is 10.1. The zero-order chi connectivity index (χ0) is 12.3. The minimum absolute atomic E-state index is 0.201. The first-order chi connectivity index (χ1) is 8.20. The van der Waals surface area contributed by atoms with Gasteiger partial charge in [-0.3, -0.25) is 4.68 Å². The van der Waals surface area contributed by atoms with Gasteiger partial charge in [-0.25, -0.2) is 4.39 Å².